The van der Waals surface area contributed by atoms with Crippen molar-refractivity contribution in [3.63, 3.8) is 0 Å². The van der Waals surface area contributed by atoms with Gasteiger partial charge in [-0.15, -0.1) is 13.2 Å². The Bertz CT molecular complexity index is 439. The van der Waals surface area contributed by atoms with Gasteiger partial charge in [-0.1, -0.05) is 42.5 Å². The van der Waals surface area contributed by atoms with Crippen molar-refractivity contribution in [2.75, 3.05) is 0 Å². The summed E-state index contributed by atoms with van der Waals surface area (Å²) in [7, 11) is 0. The summed E-state index contributed by atoms with van der Waals surface area (Å²) in [5, 5.41) is 9.46. The monoisotopic (exact) mass is 214 g/mol. The number of carboxylic acids is 1. The molecule has 1 saturated carbocycles. The Kier molecular flexibility index (Phi) is 2.23. The molecule has 1 aliphatic carbocycles. The highest BCUT2D eigenvalue weighted by atomic mass is 16.4. The zero-order chi connectivity index (χ0) is 11.8. The summed E-state index contributed by atoms with van der Waals surface area (Å²) in [6.07, 6.45) is 3.94. The standard InChI is InChI=1S/C14H14O2/c1-3-13(4-2)10-14(13,12(15)16)11-8-6-5-7-9-11/h3-9H,1-2,10H2,(H,15,16). The van der Waals surface area contributed by atoms with Crippen molar-refractivity contribution >= 4 is 5.97 Å². The Morgan fingerprint density at radius 3 is 2.19 bits per heavy atom. The number of hydrogen-bond acceptors (Lipinski definition) is 1. The van der Waals surface area contributed by atoms with Crippen LogP contribution in [0.5, 0.6) is 0 Å². The summed E-state index contributed by atoms with van der Waals surface area (Å²) >= 11 is 0. The van der Waals surface area contributed by atoms with E-state index in [1.54, 1.807) is 12.2 Å². The maximum absolute atomic E-state index is 11.5. The molecule has 0 aromatic heterocycles. The molecule has 0 spiro atoms. The molecular weight excluding hydrogens is 200 g/mol. The van der Waals surface area contributed by atoms with Crippen molar-refractivity contribution in [1.29, 1.82) is 0 Å². The molecule has 2 rings (SSSR count). The van der Waals surface area contributed by atoms with Crippen LogP contribution in [0.2, 0.25) is 0 Å². The van der Waals surface area contributed by atoms with E-state index in [1.807, 2.05) is 30.3 Å². The molecular formula is C14H14O2. The van der Waals surface area contributed by atoms with Crippen molar-refractivity contribution in [3.05, 3.63) is 61.2 Å². The highest BCUT2D eigenvalue weighted by Crippen LogP contribution is 2.66. The third-order valence-electron chi connectivity index (χ3n) is 3.59. The van der Waals surface area contributed by atoms with Crippen LogP contribution in [0.15, 0.2) is 55.6 Å². The molecule has 1 aromatic carbocycles. The first-order valence-electron chi connectivity index (χ1n) is 5.19. The van der Waals surface area contributed by atoms with E-state index in [1.165, 1.54) is 0 Å². The number of carbonyl (C=O) groups is 1. The average Bonchev–Trinajstić information content (AvgIpc) is 3.02. The zero-order valence-electron chi connectivity index (χ0n) is 9.02. The van der Waals surface area contributed by atoms with E-state index < -0.39 is 16.8 Å². The lowest BCUT2D eigenvalue weighted by atomic mass is 9.86. The Hall–Kier alpha value is -1.83. The van der Waals surface area contributed by atoms with E-state index in [-0.39, 0.29) is 0 Å². The number of hydrogen-bond donors (Lipinski definition) is 1. The molecule has 2 nitrogen and oxygen atoms in total. The lowest BCUT2D eigenvalue weighted by Crippen LogP contribution is -2.26. The summed E-state index contributed by atoms with van der Waals surface area (Å²) in [4.78, 5) is 11.5. The lowest BCUT2D eigenvalue weighted by molar-refractivity contribution is -0.140. The molecule has 1 aromatic rings. The number of benzene rings is 1. The van der Waals surface area contributed by atoms with Gasteiger partial charge in [0.1, 0.15) is 5.41 Å². The third-order valence-corrected chi connectivity index (χ3v) is 3.59. The highest BCUT2D eigenvalue weighted by Gasteiger charge is 2.70. The fourth-order valence-electron chi connectivity index (χ4n) is 2.46. The minimum Gasteiger partial charge on any atom is -0.481 e. The number of rotatable bonds is 4. The van der Waals surface area contributed by atoms with Gasteiger partial charge in [0.15, 0.2) is 0 Å². The van der Waals surface area contributed by atoms with Crippen molar-refractivity contribution in [2.24, 2.45) is 5.41 Å². The van der Waals surface area contributed by atoms with Crippen LogP contribution < -0.4 is 0 Å². The van der Waals surface area contributed by atoms with E-state index in [2.05, 4.69) is 13.2 Å². The molecule has 16 heavy (non-hydrogen) atoms. The second kappa shape index (κ2) is 3.34. The first kappa shape index (κ1) is 10.7. The molecule has 0 bridgehead atoms. The van der Waals surface area contributed by atoms with Crippen molar-refractivity contribution < 1.29 is 9.90 Å². The molecule has 0 heterocycles. The molecule has 0 saturated heterocycles. The maximum atomic E-state index is 11.5. The molecule has 1 atom stereocenters. The zero-order valence-corrected chi connectivity index (χ0v) is 9.02. The number of allylic oxidation sites excluding steroid dienone is 2. The second-order valence-electron chi connectivity index (χ2n) is 4.20. The fourth-order valence-corrected chi connectivity index (χ4v) is 2.46. The van der Waals surface area contributed by atoms with Gasteiger partial charge in [0.05, 0.1) is 0 Å². The van der Waals surface area contributed by atoms with Gasteiger partial charge in [-0.25, -0.2) is 0 Å². The Labute approximate surface area is 94.9 Å². The summed E-state index contributed by atoms with van der Waals surface area (Å²) in [5.74, 6) is -0.807. The average molecular weight is 214 g/mol. The number of aliphatic carboxylic acids is 1. The first-order valence-corrected chi connectivity index (χ1v) is 5.19. The van der Waals surface area contributed by atoms with Gasteiger partial charge in [-0.3, -0.25) is 4.79 Å². The summed E-state index contributed by atoms with van der Waals surface area (Å²) in [6, 6.07) is 9.29. The van der Waals surface area contributed by atoms with Crippen LogP contribution in [-0.4, -0.2) is 11.1 Å². The van der Waals surface area contributed by atoms with Crippen LogP contribution in [0.25, 0.3) is 0 Å². The van der Waals surface area contributed by atoms with Gasteiger partial charge < -0.3 is 5.11 Å². The van der Waals surface area contributed by atoms with Crippen LogP contribution in [0, 0.1) is 5.41 Å². The third kappa shape index (κ3) is 1.10. The maximum Gasteiger partial charge on any atom is 0.315 e. The predicted octanol–water partition coefficient (Wildman–Crippen LogP) is 2.77. The smallest absolute Gasteiger partial charge is 0.315 e. The lowest BCUT2D eigenvalue weighted by Gasteiger charge is -2.17. The van der Waals surface area contributed by atoms with E-state index in [0.717, 1.165) is 5.56 Å². The molecule has 1 fully saturated rings. The van der Waals surface area contributed by atoms with E-state index in [4.69, 9.17) is 0 Å². The van der Waals surface area contributed by atoms with Gasteiger partial charge in [0.25, 0.3) is 0 Å². The molecule has 2 heteroatoms. The van der Waals surface area contributed by atoms with E-state index in [9.17, 15) is 9.90 Å². The quantitative estimate of drug-likeness (QED) is 0.782. The van der Waals surface area contributed by atoms with Crippen LogP contribution >= 0.6 is 0 Å². The van der Waals surface area contributed by atoms with Gasteiger partial charge in [0, 0.05) is 5.41 Å². The van der Waals surface area contributed by atoms with Gasteiger partial charge in [-0.2, -0.15) is 0 Å². The molecule has 0 radical (unpaired) electrons. The first-order chi connectivity index (χ1) is 7.63. The van der Waals surface area contributed by atoms with Gasteiger partial charge >= 0.3 is 5.97 Å². The molecule has 82 valence electrons. The predicted molar refractivity (Wildman–Crippen MR) is 63.2 cm³/mol. The summed E-state index contributed by atoms with van der Waals surface area (Å²) < 4.78 is 0. The van der Waals surface area contributed by atoms with E-state index >= 15 is 0 Å². The van der Waals surface area contributed by atoms with Crippen LogP contribution in [0.1, 0.15) is 12.0 Å². The Balaban J connectivity index is 2.54. The molecule has 1 unspecified atom stereocenters. The second-order valence-corrected chi connectivity index (χ2v) is 4.20. The molecule has 0 aliphatic heterocycles. The summed E-state index contributed by atoms with van der Waals surface area (Å²) in [5.41, 5.74) is -0.542. The summed E-state index contributed by atoms with van der Waals surface area (Å²) in [6.45, 7) is 7.47. The molecule has 0 amide bonds. The van der Waals surface area contributed by atoms with Crippen molar-refractivity contribution in [3.8, 4) is 0 Å². The van der Waals surface area contributed by atoms with Crippen LogP contribution in [0.4, 0.5) is 0 Å². The van der Waals surface area contributed by atoms with Crippen LogP contribution in [0.3, 0.4) is 0 Å². The van der Waals surface area contributed by atoms with Gasteiger partial charge in [-0.05, 0) is 12.0 Å². The molecule has 1 aliphatic rings. The fraction of sp³-hybridized carbons (Fsp3) is 0.214. The van der Waals surface area contributed by atoms with Crippen molar-refractivity contribution in [2.45, 2.75) is 11.8 Å². The largest absolute Gasteiger partial charge is 0.481 e. The minimum absolute atomic E-state index is 0.500. The van der Waals surface area contributed by atoms with Crippen molar-refractivity contribution in [1.82, 2.24) is 0 Å². The van der Waals surface area contributed by atoms with E-state index in [0.29, 0.717) is 6.42 Å². The van der Waals surface area contributed by atoms with Gasteiger partial charge in [0.2, 0.25) is 0 Å². The minimum atomic E-state index is -0.863. The Morgan fingerprint density at radius 2 is 1.81 bits per heavy atom. The van der Waals surface area contributed by atoms with Crippen LogP contribution in [-0.2, 0) is 10.2 Å². The highest BCUT2D eigenvalue weighted by molar-refractivity contribution is 5.89. The molecule has 1 N–H and O–H groups in total. The normalized spacial score (nSPS) is 25.8. The topological polar surface area (TPSA) is 37.3 Å². The SMILES string of the molecule is C=CC1(C=C)CC1(C(=O)O)c1ccccc1. The number of carboxylic acid groups (broad SMARTS) is 1. The Morgan fingerprint density at radius 1 is 1.25 bits per heavy atom.